The molecule has 1 unspecified atom stereocenters. The van der Waals surface area contributed by atoms with Gasteiger partial charge in [0.25, 0.3) is 0 Å². The predicted octanol–water partition coefficient (Wildman–Crippen LogP) is 3.84. The number of rotatable bonds is 5. The maximum absolute atomic E-state index is 10.1. The van der Waals surface area contributed by atoms with Gasteiger partial charge in [0.15, 0.2) is 0 Å². The third-order valence-electron chi connectivity index (χ3n) is 4.69. The van der Waals surface area contributed by atoms with E-state index in [0.717, 1.165) is 17.7 Å². The van der Waals surface area contributed by atoms with Gasteiger partial charge in [0, 0.05) is 14.4 Å². The Morgan fingerprint density at radius 2 is 1.95 bits per heavy atom. The first-order valence-corrected chi connectivity index (χ1v) is 11.0. The minimum absolute atomic E-state index is 0.413. The molecule has 0 aromatic heterocycles. The number of aliphatic hydroxyl groups is 1. The molecule has 1 aromatic carbocycles. The quantitative estimate of drug-likeness (QED) is 0.660. The summed E-state index contributed by atoms with van der Waals surface area (Å²) in [7, 11) is 1.24. The molecule has 1 aromatic rings. The molecule has 1 aliphatic rings. The van der Waals surface area contributed by atoms with Crippen LogP contribution >= 0.6 is 0 Å². The summed E-state index contributed by atoms with van der Waals surface area (Å²) in [4.78, 5) is 0. The van der Waals surface area contributed by atoms with E-state index in [-0.39, 0.29) is 0 Å². The van der Waals surface area contributed by atoms with Crippen molar-refractivity contribution in [2.24, 2.45) is 5.92 Å². The molecule has 0 bridgehead atoms. The summed E-state index contributed by atoms with van der Waals surface area (Å²) in [5.74, 6) is 7.58. The topological polar surface area (TPSA) is 29.5 Å². The van der Waals surface area contributed by atoms with Crippen LogP contribution in [0.25, 0.3) is 0 Å². The molecule has 1 saturated heterocycles. The van der Waals surface area contributed by atoms with Crippen LogP contribution in [0.1, 0.15) is 38.2 Å². The van der Waals surface area contributed by atoms with Crippen molar-refractivity contribution in [3.05, 3.63) is 29.8 Å². The molecule has 0 radical (unpaired) electrons. The van der Waals surface area contributed by atoms with Gasteiger partial charge in [-0.3, -0.25) is 0 Å². The Morgan fingerprint density at radius 3 is 2.55 bits per heavy atom. The van der Waals surface area contributed by atoms with Crippen LogP contribution in [0, 0.1) is 17.8 Å². The summed E-state index contributed by atoms with van der Waals surface area (Å²) in [6.45, 7) is 2.30. The lowest BCUT2D eigenvalue weighted by molar-refractivity contribution is 0.190. The summed E-state index contributed by atoms with van der Waals surface area (Å²) >= 11 is 0. The Kier molecular flexibility index (Phi) is 7.02. The van der Waals surface area contributed by atoms with Crippen molar-refractivity contribution in [2.45, 2.75) is 56.8 Å². The Labute approximate surface area is 136 Å². The standard InChI is InChI=1S/C19H28O2Si/c1-3-12-22-13-10-17(11-14-22)15-18(20)7-4-16-5-8-19(21-2)9-6-16/h5-6,8-9,17-18,20,22H,3,10-15H2,1-2H3. The number of benzene rings is 1. The van der Waals surface area contributed by atoms with E-state index < -0.39 is 14.9 Å². The van der Waals surface area contributed by atoms with E-state index >= 15 is 0 Å². The Hall–Kier alpha value is -1.24. The second kappa shape index (κ2) is 9.02. The van der Waals surface area contributed by atoms with Crippen molar-refractivity contribution in [2.75, 3.05) is 7.11 Å². The molecule has 1 heterocycles. The zero-order valence-corrected chi connectivity index (χ0v) is 15.0. The van der Waals surface area contributed by atoms with Gasteiger partial charge in [0.1, 0.15) is 11.9 Å². The highest BCUT2D eigenvalue weighted by atomic mass is 28.3. The molecule has 1 aliphatic heterocycles. The highest BCUT2D eigenvalue weighted by Gasteiger charge is 2.22. The molecule has 0 spiro atoms. The molecule has 1 fully saturated rings. The van der Waals surface area contributed by atoms with Gasteiger partial charge in [-0.1, -0.05) is 56.2 Å². The summed E-state index contributed by atoms with van der Waals surface area (Å²) in [5.41, 5.74) is 0.930. The number of aliphatic hydroxyl groups excluding tert-OH is 1. The van der Waals surface area contributed by atoms with E-state index in [1.165, 1.54) is 37.4 Å². The molecule has 0 aliphatic carbocycles. The summed E-state index contributed by atoms with van der Waals surface area (Å²) in [6.07, 6.45) is 4.35. The Bertz CT molecular complexity index is 492. The maximum Gasteiger partial charge on any atom is 0.118 e. The van der Waals surface area contributed by atoms with Gasteiger partial charge in [-0.2, -0.15) is 0 Å². The van der Waals surface area contributed by atoms with Crippen molar-refractivity contribution >= 4 is 8.80 Å². The molecular weight excluding hydrogens is 288 g/mol. The van der Waals surface area contributed by atoms with Crippen LogP contribution in [-0.4, -0.2) is 27.1 Å². The van der Waals surface area contributed by atoms with E-state index in [1.54, 1.807) is 7.11 Å². The Morgan fingerprint density at radius 1 is 1.27 bits per heavy atom. The number of hydrogen-bond acceptors (Lipinski definition) is 2. The lowest BCUT2D eigenvalue weighted by Crippen LogP contribution is -2.23. The minimum Gasteiger partial charge on any atom is -0.497 e. The first-order chi connectivity index (χ1) is 10.7. The zero-order valence-electron chi connectivity index (χ0n) is 13.8. The molecular formula is C19H28O2Si. The lowest BCUT2D eigenvalue weighted by atomic mass is 9.95. The van der Waals surface area contributed by atoms with Crippen LogP contribution in [0.3, 0.4) is 0 Å². The van der Waals surface area contributed by atoms with Gasteiger partial charge >= 0.3 is 0 Å². The molecule has 1 N–H and O–H groups in total. The van der Waals surface area contributed by atoms with Gasteiger partial charge in [0.05, 0.1) is 7.11 Å². The molecule has 2 rings (SSSR count). The normalized spacial score (nSPS) is 22.5. The zero-order chi connectivity index (χ0) is 15.8. The summed E-state index contributed by atoms with van der Waals surface area (Å²) < 4.78 is 5.13. The third-order valence-corrected chi connectivity index (χ3v) is 8.39. The van der Waals surface area contributed by atoms with Gasteiger partial charge in [0.2, 0.25) is 0 Å². The fraction of sp³-hybridized carbons (Fsp3) is 0.579. The summed E-state index contributed by atoms with van der Waals surface area (Å²) in [6, 6.07) is 12.1. The first kappa shape index (κ1) is 17.1. The van der Waals surface area contributed by atoms with Gasteiger partial charge < -0.3 is 9.84 Å². The van der Waals surface area contributed by atoms with E-state index in [1.807, 2.05) is 24.3 Å². The van der Waals surface area contributed by atoms with Crippen LogP contribution in [0.15, 0.2) is 24.3 Å². The van der Waals surface area contributed by atoms with Crippen LogP contribution < -0.4 is 4.74 Å². The SMILES string of the molecule is CCC[SiH]1CCC(CC(O)C#Cc2ccc(OC)cc2)CC1. The fourth-order valence-electron chi connectivity index (χ4n) is 3.38. The van der Waals surface area contributed by atoms with Crippen LogP contribution in [0.5, 0.6) is 5.75 Å². The van der Waals surface area contributed by atoms with Crippen molar-refractivity contribution in [1.82, 2.24) is 0 Å². The van der Waals surface area contributed by atoms with Gasteiger partial charge in [-0.15, -0.1) is 0 Å². The summed E-state index contributed by atoms with van der Waals surface area (Å²) in [5, 5.41) is 10.1. The van der Waals surface area contributed by atoms with Crippen molar-refractivity contribution < 1.29 is 9.84 Å². The molecule has 0 amide bonds. The van der Waals surface area contributed by atoms with E-state index in [4.69, 9.17) is 4.74 Å². The molecule has 120 valence electrons. The molecule has 2 nitrogen and oxygen atoms in total. The number of methoxy groups -OCH3 is 1. The highest BCUT2D eigenvalue weighted by Crippen LogP contribution is 2.30. The van der Waals surface area contributed by atoms with E-state index in [0.29, 0.717) is 5.92 Å². The lowest BCUT2D eigenvalue weighted by Gasteiger charge is -2.27. The van der Waals surface area contributed by atoms with Gasteiger partial charge in [-0.05, 0) is 36.6 Å². The molecule has 22 heavy (non-hydrogen) atoms. The molecule has 3 heteroatoms. The predicted molar refractivity (Wildman–Crippen MR) is 95.1 cm³/mol. The number of hydrogen-bond donors (Lipinski definition) is 1. The van der Waals surface area contributed by atoms with Crippen molar-refractivity contribution in [3.8, 4) is 17.6 Å². The molecule has 1 atom stereocenters. The second-order valence-electron chi connectivity index (χ2n) is 6.42. The smallest absolute Gasteiger partial charge is 0.118 e. The average molecular weight is 317 g/mol. The second-order valence-corrected chi connectivity index (χ2v) is 9.89. The van der Waals surface area contributed by atoms with Crippen LogP contribution in [0.2, 0.25) is 18.1 Å². The monoisotopic (exact) mass is 316 g/mol. The van der Waals surface area contributed by atoms with Crippen molar-refractivity contribution in [3.63, 3.8) is 0 Å². The van der Waals surface area contributed by atoms with E-state index in [9.17, 15) is 5.11 Å². The Balaban J connectivity index is 1.78. The average Bonchev–Trinajstić information content (AvgIpc) is 2.55. The largest absolute Gasteiger partial charge is 0.497 e. The van der Waals surface area contributed by atoms with Crippen molar-refractivity contribution in [1.29, 1.82) is 0 Å². The van der Waals surface area contributed by atoms with Gasteiger partial charge in [-0.25, -0.2) is 0 Å². The maximum atomic E-state index is 10.1. The fourth-order valence-corrected chi connectivity index (χ4v) is 6.95. The number of ether oxygens (including phenoxy) is 1. The van der Waals surface area contributed by atoms with E-state index in [2.05, 4.69) is 18.8 Å². The third kappa shape index (κ3) is 5.51. The van der Waals surface area contributed by atoms with Crippen LogP contribution in [-0.2, 0) is 0 Å². The molecule has 0 saturated carbocycles. The van der Waals surface area contributed by atoms with Crippen LogP contribution in [0.4, 0.5) is 0 Å². The minimum atomic E-state index is -0.489. The first-order valence-electron chi connectivity index (χ1n) is 8.55. The highest BCUT2D eigenvalue weighted by molar-refractivity contribution is 6.58.